The van der Waals surface area contributed by atoms with Crippen LogP contribution in [0.25, 0.3) is 0 Å². The van der Waals surface area contributed by atoms with Gasteiger partial charge in [-0.3, -0.25) is 0 Å². The van der Waals surface area contributed by atoms with Crippen LogP contribution in [0.4, 0.5) is 0 Å². The summed E-state index contributed by atoms with van der Waals surface area (Å²) in [6.45, 7) is 5.03. The molecule has 1 fully saturated rings. The third kappa shape index (κ3) is 2.93. The number of aliphatic hydroxyl groups is 1. The van der Waals surface area contributed by atoms with Crippen LogP contribution < -0.4 is 0 Å². The highest BCUT2D eigenvalue weighted by Gasteiger charge is 2.39. The SMILES string of the molecule is CC(C)CC1C(O)CC1CN(C)O. The lowest BCUT2D eigenvalue weighted by Gasteiger charge is -2.43. The quantitative estimate of drug-likeness (QED) is 0.653. The topological polar surface area (TPSA) is 43.7 Å². The molecular formula is C10H21NO2. The van der Waals surface area contributed by atoms with Gasteiger partial charge in [0.2, 0.25) is 0 Å². The summed E-state index contributed by atoms with van der Waals surface area (Å²) in [4.78, 5) is 0. The van der Waals surface area contributed by atoms with Gasteiger partial charge in [0.05, 0.1) is 6.10 Å². The van der Waals surface area contributed by atoms with Crippen LogP contribution in [0.2, 0.25) is 0 Å². The molecule has 0 saturated heterocycles. The molecule has 3 nitrogen and oxygen atoms in total. The zero-order chi connectivity index (χ0) is 10.0. The molecule has 3 atom stereocenters. The number of hydrogen-bond acceptors (Lipinski definition) is 3. The molecule has 1 aliphatic rings. The minimum Gasteiger partial charge on any atom is -0.393 e. The van der Waals surface area contributed by atoms with Gasteiger partial charge in [0.15, 0.2) is 0 Å². The molecule has 1 saturated carbocycles. The largest absolute Gasteiger partial charge is 0.393 e. The zero-order valence-corrected chi connectivity index (χ0v) is 8.77. The molecule has 0 amide bonds. The second-order valence-electron chi connectivity index (χ2n) is 4.70. The Hall–Kier alpha value is -0.120. The molecule has 1 rings (SSSR count). The van der Waals surface area contributed by atoms with Crippen LogP contribution in [0.5, 0.6) is 0 Å². The van der Waals surface area contributed by atoms with Gasteiger partial charge in [-0.1, -0.05) is 13.8 Å². The Morgan fingerprint density at radius 1 is 1.46 bits per heavy atom. The smallest absolute Gasteiger partial charge is 0.0574 e. The molecule has 1 aliphatic carbocycles. The van der Waals surface area contributed by atoms with E-state index < -0.39 is 0 Å². The first-order valence-corrected chi connectivity index (χ1v) is 5.08. The van der Waals surface area contributed by atoms with Crippen LogP contribution in [0.3, 0.4) is 0 Å². The Morgan fingerprint density at radius 2 is 2.08 bits per heavy atom. The molecule has 2 N–H and O–H groups in total. The summed E-state index contributed by atoms with van der Waals surface area (Å²) in [5, 5.41) is 19.8. The standard InChI is InChI=1S/C10H21NO2/c1-7(2)4-9-8(5-10(9)12)6-11(3)13/h7-10,12-13H,4-6H2,1-3H3. The predicted octanol–water partition coefficient (Wildman–Crippen LogP) is 1.35. The van der Waals surface area contributed by atoms with E-state index in [4.69, 9.17) is 5.21 Å². The number of aliphatic hydroxyl groups excluding tert-OH is 1. The Labute approximate surface area is 80.3 Å². The highest BCUT2D eigenvalue weighted by Crippen LogP contribution is 2.39. The summed E-state index contributed by atoms with van der Waals surface area (Å²) in [7, 11) is 1.66. The van der Waals surface area contributed by atoms with Crippen molar-refractivity contribution in [2.75, 3.05) is 13.6 Å². The number of hydroxylamine groups is 2. The summed E-state index contributed by atoms with van der Waals surface area (Å²) < 4.78 is 0. The first-order chi connectivity index (χ1) is 6.00. The van der Waals surface area contributed by atoms with Gasteiger partial charge in [-0.2, -0.15) is 5.06 Å². The fourth-order valence-corrected chi connectivity index (χ4v) is 2.22. The normalized spacial score (nSPS) is 33.9. The summed E-state index contributed by atoms with van der Waals surface area (Å²) in [5.74, 6) is 1.51. The van der Waals surface area contributed by atoms with Crippen LogP contribution >= 0.6 is 0 Å². The van der Waals surface area contributed by atoms with Crippen molar-refractivity contribution in [3.05, 3.63) is 0 Å². The van der Waals surface area contributed by atoms with Gasteiger partial charge < -0.3 is 10.3 Å². The molecule has 3 heteroatoms. The second kappa shape index (κ2) is 4.40. The van der Waals surface area contributed by atoms with E-state index >= 15 is 0 Å². The molecule has 0 heterocycles. The monoisotopic (exact) mass is 187 g/mol. The van der Waals surface area contributed by atoms with E-state index in [0.29, 0.717) is 24.3 Å². The minimum atomic E-state index is -0.132. The molecular weight excluding hydrogens is 166 g/mol. The van der Waals surface area contributed by atoms with E-state index in [1.54, 1.807) is 7.05 Å². The fourth-order valence-electron chi connectivity index (χ4n) is 2.22. The number of rotatable bonds is 4. The molecule has 0 aromatic carbocycles. The van der Waals surface area contributed by atoms with Gasteiger partial charge in [-0.15, -0.1) is 0 Å². The van der Waals surface area contributed by atoms with Gasteiger partial charge in [0.25, 0.3) is 0 Å². The Balaban J connectivity index is 2.33. The van der Waals surface area contributed by atoms with E-state index in [1.165, 1.54) is 5.06 Å². The molecule has 78 valence electrons. The molecule has 13 heavy (non-hydrogen) atoms. The van der Waals surface area contributed by atoms with E-state index in [1.807, 2.05) is 0 Å². The van der Waals surface area contributed by atoms with Crippen molar-refractivity contribution < 1.29 is 10.3 Å². The van der Waals surface area contributed by atoms with Gasteiger partial charge >= 0.3 is 0 Å². The Bertz CT molecular complexity index is 159. The maximum absolute atomic E-state index is 9.54. The minimum absolute atomic E-state index is 0.132. The van der Waals surface area contributed by atoms with Crippen molar-refractivity contribution in [2.45, 2.75) is 32.8 Å². The van der Waals surface area contributed by atoms with Crippen molar-refractivity contribution in [2.24, 2.45) is 17.8 Å². The Morgan fingerprint density at radius 3 is 2.46 bits per heavy atom. The maximum Gasteiger partial charge on any atom is 0.0574 e. The van der Waals surface area contributed by atoms with Crippen molar-refractivity contribution in [3.8, 4) is 0 Å². The average Bonchev–Trinajstić information content (AvgIpc) is 1.99. The number of nitrogens with zero attached hydrogens (tertiary/aromatic N) is 1. The van der Waals surface area contributed by atoms with E-state index in [0.717, 1.165) is 12.8 Å². The summed E-state index contributed by atoms with van der Waals surface area (Å²) >= 11 is 0. The number of hydrogen-bond donors (Lipinski definition) is 2. The molecule has 0 aromatic heterocycles. The van der Waals surface area contributed by atoms with Crippen molar-refractivity contribution in [3.63, 3.8) is 0 Å². The summed E-state index contributed by atoms with van der Waals surface area (Å²) in [5.41, 5.74) is 0. The first-order valence-electron chi connectivity index (χ1n) is 5.08. The second-order valence-corrected chi connectivity index (χ2v) is 4.70. The van der Waals surface area contributed by atoms with E-state index in [2.05, 4.69) is 13.8 Å². The molecule has 0 aliphatic heterocycles. The lowest BCUT2D eigenvalue weighted by atomic mass is 9.67. The molecule has 0 spiro atoms. The lowest BCUT2D eigenvalue weighted by Crippen LogP contribution is -2.46. The highest BCUT2D eigenvalue weighted by atomic mass is 16.5. The van der Waals surface area contributed by atoms with Crippen LogP contribution in [-0.4, -0.2) is 35.1 Å². The first kappa shape index (κ1) is 11.0. The van der Waals surface area contributed by atoms with Crippen LogP contribution in [0.1, 0.15) is 26.7 Å². The van der Waals surface area contributed by atoms with Gasteiger partial charge in [-0.25, -0.2) is 0 Å². The van der Waals surface area contributed by atoms with Gasteiger partial charge in [0, 0.05) is 13.6 Å². The van der Waals surface area contributed by atoms with Crippen LogP contribution in [0, 0.1) is 17.8 Å². The predicted molar refractivity (Wildman–Crippen MR) is 51.5 cm³/mol. The third-order valence-electron chi connectivity index (χ3n) is 2.89. The van der Waals surface area contributed by atoms with E-state index in [9.17, 15) is 5.11 Å². The average molecular weight is 187 g/mol. The highest BCUT2D eigenvalue weighted by molar-refractivity contribution is 4.90. The molecule has 0 radical (unpaired) electrons. The molecule has 0 bridgehead atoms. The summed E-state index contributed by atoms with van der Waals surface area (Å²) in [6.07, 6.45) is 1.79. The van der Waals surface area contributed by atoms with E-state index in [-0.39, 0.29) is 6.10 Å². The van der Waals surface area contributed by atoms with Crippen LogP contribution in [0.15, 0.2) is 0 Å². The van der Waals surface area contributed by atoms with Crippen molar-refractivity contribution in [1.82, 2.24) is 5.06 Å². The van der Waals surface area contributed by atoms with Gasteiger partial charge in [-0.05, 0) is 30.6 Å². The Kier molecular flexibility index (Phi) is 3.71. The third-order valence-corrected chi connectivity index (χ3v) is 2.89. The molecule has 0 aromatic rings. The zero-order valence-electron chi connectivity index (χ0n) is 8.77. The van der Waals surface area contributed by atoms with Crippen LogP contribution in [-0.2, 0) is 0 Å². The fraction of sp³-hybridized carbons (Fsp3) is 1.00. The summed E-state index contributed by atoms with van der Waals surface area (Å²) in [6, 6.07) is 0. The lowest BCUT2D eigenvalue weighted by molar-refractivity contribution is -0.124. The van der Waals surface area contributed by atoms with Crippen molar-refractivity contribution >= 4 is 0 Å². The molecule has 3 unspecified atom stereocenters. The van der Waals surface area contributed by atoms with Crippen molar-refractivity contribution in [1.29, 1.82) is 0 Å². The van der Waals surface area contributed by atoms with Gasteiger partial charge in [0.1, 0.15) is 0 Å². The maximum atomic E-state index is 9.54.